The summed E-state index contributed by atoms with van der Waals surface area (Å²) in [4.78, 5) is 13.1. The summed E-state index contributed by atoms with van der Waals surface area (Å²) >= 11 is 0. The Morgan fingerprint density at radius 2 is 2.18 bits per heavy atom. The van der Waals surface area contributed by atoms with Crippen LogP contribution < -0.4 is 4.74 Å². The number of aryl methyl sites for hydroxylation is 1. The van der Waals surface area contributed by atoms with Crippen molar-refractivity contribution in [3.63, 3.8) is 0 Å². The predicted molar refractivity (Wildman–Crippen MR) is 90.2 cm³/mol. The quantitative estimate of drug-likeness (QED) is 0.870. The molecule has 22 heavy (non-hydrogen) atoms. The van der Waals surface area contributed by atoms with E-state index in [-0.39, 0.29) is 18.3 Å². The average Bonchev–Trinajstić information content (AvgIpc) is 2.87. The summed E-state index contributed by atoms with van der Waals surface area (Å²) in [5, 5.41) is 8.98. The highest BCUT2D eigenvalue weighted by atomic mass is 35.5. The number of carboxylic acids is 1. The first-order valence-electron chi connectivity index (χ1n) is 7.66. The summed E-state index contributed by atoms with van der Waals surface area (Å²) in [6.07, 6.45) is 0.748. The van der Waals surface area contributed by atoms with Gasteiger partial charge in [0.15, 0.2) is 0 Å². The van der Waals surface area contributed by atoms with Crippen molar-refractivity contribution in [1.82, 2.24) is 4.90 Å². The fraction of sp³-hybridized carbons (Fsp3) is 0.588. The lowest BCUT2D eigenvalue weighted by molar-refractivity contribution is -0.141. The lowest BCUT2D eigenvalue weighted by Crippen LogP contribution is -2.27. The molecule has 124 valence electrons. The van der Waals surface area contributed by atoms with E-state index < -0.39 is 5.97 Å². The van der Waals surface area contributed by atoms with Gasteiger partial charge in [-0.1, -0.05) is 19.9 Å². The van der Waals surface area contributed by atoms with Crippen molar-refractivity contribution in [3.8, 4) is 5.75 Å². The summed E-state index contributed by atoms with van der Waals surface area (Å²) in [7, 11) is 0. The van der Waals surface area contributed by atoms with Crippen LogP contribution in [0.25, 0.3) is 0 Å². The van der Waals surface area contributed by atoms with Crippen LogP contribution >= 0.6 is 12.4 Å². The third kappa shape index (κ3) is 4.89. The largest absolute Gasteiger partial charge is 0.492 e. The number of carbonyl (C=O) groups is 1. The Bertz CT molecular complexity index is 505. The Labute approximate surface area is 138 Å². The number of hydrogen-bond acceptors (Lipinski definition) is 3. The first kappa shape index (κ1) is 18.8. The molecular weight excluding hydrogens is 302 g/mol. The van der Waals surface area contributed by atoms with Gasteiger partial charge in [-0.25, -0.2) is 0 Å². The molecule has 1 aliphatic rings. The first-order chi connectivity index (χ1) is 9.97. The number of likely N-dealkylation sites (tertiary alicyclic amines) is 1. The molecule has 1 N–H and O–H groups in total. The minimum absolute atomic E-state index is 0. The minimum atomic E-state index is -0.682. The standard InChI is InChI=1S/C17H25NO3.ClH/c1-12(2)16-5-4-15(10-13(16)3)21-9-8-18-7-6-14(11-18)17(19)20;/h4-5,10,12,14H,6-9,11H2,1-3H3,(H,19,20);1H. The highest BCUT2D eigenvalue weighted by Crippen LogP contribution is 2.23. The van der Waals surface area contributed by atoms with E-state index in [2.05, 4.69) is 37.8 Å². The lowest BCUT2D eigenvalue weighted by Gasteiger charge is -2.16. The van der Waals surface area contributed by atoms with Crippen LogP contribution in [0.5, 0.6) is 5.75 Å². The van der Waals surface area contributed by atoms with Gasteiger partial charge in [0.25, 0.3) is 0 Å². The average molecular weight is 328 g/mol. The Morgan fingerprint density at radius 3 is 2.73 bits per heavy atom. The zero-order valence-corrected chi connectivity index (χ0v) is 14.4. The molecule has 4 nitrogen and oxygen atoms in total. The topological polar surface area (TPSA) is 49.8 Å². The fourth-order valence-electron chi connectivity index (χ4n) is 2.92. The molecule has 1 fully saturated rings. The van der Waals surface area contributed by atoms with Gasteiger partial charge in [0.2, 0.25) is 0 Å². The summed E-state index contributed by atoms with van der Waals surface area (Å²) in [6, 6.07) is 6.23. The van der Waals surface area contributed by atoms with Crippen LogP contribution in [0.4, 0.5) is 0 Å². The normalized spacial score (nSPS) is 18.3. The number of benzene rings is 1. The molecule has 1 saturated heterocycles. The number of hydrogen-bond donors (Lipinski definition) is 1. The van der Waals surface area contributed by atoms with E-state index in [0.717, 1.165) is 25.3 Å². The van der Waals surface area contributed by atoms with E-state index in [1.165, 1.54) is 11.1 Å². The van der Waals surface area contributed by atoms with Gasteiger partial charge < -0.3 is 9.84 Å². The van der Waals surface area contributed by atoms with Crippen LogP contribution in [0.3, 0.4) is 0 Å². The molecule has 1 heterocycles. The zero-order valence-electron chi connectivity index (χ0n) is 13.5. The van der Waals surface area contributed by atoms with Gasteiger partial charge in [-0.2, -0.15) is 0 Å². The van der Waals surface area contributed by atoms with Crippen molar-refractivity contribution in [2.75, 3.05) is 26.2 Å². The molecule has 1 atom stereocenters. The van der Waals surface area contributed by atoms with Gasteiger partial charge in [-0.15, -0.1) is 12.4 Å². The summed E-state index contributed by atoms with van der Waals surface area (Å²) in [6.45, 7) is 9.38. The second-order valence-corrected chi connectivity index (χ2v) is 6.15. The molecule has 1 aromatic rings. The molecule has 0 bridgehead atoms. The van der Waals surface area contributed by atoms with E-state index in [4.69, 9.17) is 9.84 Å². The number of aliphatic carboxylic acids is 1. The molecule has 1 aromatic carbocycles. The Balaban J connectivity index is 0.00000242. The minimum Gasteiger partial charge on any atom is -0.492 e. The SMILES string of the molecule is Cc1cc(OCCN2CCC(C(=O)O)C2)ccc1C(C)C.Cl. The summed E-state index contributed by atoms with van der Waals surface area (Å²) in [5.41, 5.74) is 2.61. The number of nitrogens with zero attached hydrogens (tertiary/aromatic N) is 1. The molecule has 0 radical (unpaired) electrons. The maximum absolute atomic E-state index is 10.9. The molecule has 5 heteroatoms. The van der Waals surface area contributed by atoms with Crippen LogP contribution in [-0.2, 0) is 4.79 Å². The summed E-state index contributed by atoms with van der Waals surface area (Å²) < 4.78 is 5.79. The predicted octanol–water partition coefficient (Wildman–Crippen LogP) is 3.33. The number of carboxylic acid groups (broad SMARTS) is 1. The van der Waals surface area contributed by atoms with E-state index in [1.807, 2.05) is 6.07 Å². The highest BCUT2D eigenvalue weighted by Gasteiger charge is 2.27. The van der Waals surface area contributed by atoms with Crippen LogP contribution in [0, 0.1) is 12.8 Å². The summed E-state index contributed by atoms with van der Waals surface area (Å²) in [5.74, 6) is 0.526. The maximum atomic E-state index is 10.9. The van der Waals surface area contributed by atoms with Gasteiger partial charge in [0, 0.05) is 13.1 Å². The zero-order chi connectivity index (χ0) is 15.4. The van der Waals surface area contributed by atoms with Crippen LogP contribution in [0.2, 0.25) is 0 Å². The van der Waals surface area contributed by atoms with Gasteiger partial charge in [0.1, 0.15) is 12.4 Å². The van der Waals surface area contributed by atoms with Crippen LogP contribution in [-0.4, -0.2) is 42.2 Å². The Morgan fingerprint density at radius 1 is 1.45 bits per heavy atom. The van der Waals surface area contributed by atoms with Gasteiger partial charge in [-0.3, -0.25) is 9.69 Å². The highest BCUT2D eigenvalue weighted by molar-refractivity contribution is 5.85. The van der Waals surface area contributed by atoms with Gasteiger partial charge >= 0.3 is 5.97 Å². The van der Waals surface area contributed by atoms with Gasteiger partial charge in [0.05, 0.1) is 5.92 Å². The Kier molecular flexibility index (Phi) is 7.17. The third-order valence-electron chi connectivity index (χ3n) is 4.16. The molecule has 0 spiro atoms. The molecule has 0 saturated carbocycles. The van der Waals surface area contributed by atoms with Gasteiger partial charge in [-0.05, 0) is 49.1 Å². The molecule has 1 aliphatic heterocycles. The molecule has 1 unspecified atom stereocenters. The fourth-order valence-corrected chi connectivity index (χ4v) is 2.92. The second-order valence-electron chi connectivity index (χ2n) is 6.15. The smallest absolute Gasteiger partial charge is 0.307 e. The van der Waals surface area contributed by atoms with E-state index in [9.17, 15) is 4.79 Å². The monoisotopic (exact) mass is 327 g/mol. The van der Waals surface area contributed by atoms with Crippen LogP contribution in [0.15, 0.2) is 18.2 Å². The van der Waals surface area contributed by atoms with Crippen molar-refractivity contribution in [2.45, 2.75) is 33.1 Å². The van der Waals surface area contributed by atoms with Crippen molar-refractivity contribution < 1.29 is 14.6 Å². The van der Waals surface area contributed by atoms with E-state index in [0.29, 0.717) is 19.1 Å². The molecular formula is C17H26ClNO3. The number of rotatable bonds is 6. The van der Waals surface area contributed by atoms with Crippen LogP contribution in [0.1, 0.15) is 37.3 Å². The second kappa shape index (κ2) is 8.39. The third-order valence-corrected chi connectivity index (χ3v) is 4.16. The van der Waals surface area contributed by atoms with Crippen molar-refractivity contribution in [2.24, 2.45) is 5.92 Å². The molecule has 2 rings (SSSR count). The number of ether oxygens (including phenoxy) is 1. The molecule has 0 aromatic heterocycles. The number of halogens is 1. The molecule has 0 amide bonds. The lowest BCUT2D eigenvalue weighted by atomic mass is 9.98. The van der Waals surface area contributed by atoms with E-state index >= 15 is 0 Å². The van der Waals surface area contributed by atoms with Crippen molar-refractivity contribution in [1.29, 1.82) is 0 Å². The molecule has 0 aliphatic carbocycles. The van der Waals surface area contributed by atoms with Crippen molar-refractivity contribution in [3.05, 3.63) is 29.3 Å². The van der Waals surface area contributed by atoms with E-state index in [1.54, 1.807) is 0 Å². The van der Waals surface area contributed by atoms with Crippen molar-refractivity contribution >= 4 is 18.4 Å². The Hall–Kier alpha value is -1.26. The first-order valence-corrected chi connectivity index (χ1v) is 7.66. The maximum Gasteiger partial charge on any atom is 0.307 e.